The van der Waals surface area contributed by atoms with Crippen molar-refractivity contribution >= 4 is 0 Å². The molecule has 0 bridgehead atoms. The van der Waals surface area contributed by atoms with E-state index in [4.69, 9.17) is 9.47 Å². The first-order valence-corrected chi connectivity index (χ1v) is 14.6. The van der Waals surface area contributed by atoms with Crippen molar-refractivity contribution in [3.63, 3.8) is 0 Å². The van der Waals surface area contributed by atoms with Crippen LogP contribution in [0, 0.1) is 22.7 Å². The molecule has 1 saturated heterocycles. The van der Waals surface area contributed by atoms with E-state index in [-0.39, 0.29) is 36.3 Å². The molecule has 5 aliphatic rings. The fraction of sp³-hybridized carbons (Fsp3) is 0.742. The van der Waals surface area contributed by atoms with Crippen molar-refractivity contribution in [2.45, 2.75) is 107 Å². The Balaban J connectivity index is 1.45. The zero-order chi connectivity index (χ0) is 29.9. The minimum Gasteiger partial charge on any atom is -0.508 e. The molecule has 4 fully saturated rings. The standard InChI is InChI=1S/C31H39F5O5/c1-25(2)16-40-28(41-17-25)12-9-23-24-20(8-11-27(23,38)15-28)22-10-13-29(39,30(32,33)31(34,35)36)26(22,3)14-21(24)18-4-6-19(37)7-5-18/h4-7,20-22,37-39H,8-17H2,1-3H3/t20?,21-,22?,26+,27?,29?/m1/s1. The number of hydrogen-bond acceptors (Lipinski definition) is 5. The van der Waals surface area contributed by atoms with Gasteiger partial charge in [-0.25, -0.2) is 0 Å². The first kappa shape index (κ1) is 29.3. The van der Waals surface area contributed by atoms with Crippen LogP contribution >= 0.6 is 0 Å². The highest BCUT2D eigenvalue weighted by Crippen LogP contribution is 2.71. The van der Waals surface area contributed by atoms with Crippen molar-refractivity contribution in [2.24, 2.45) is 22.7 Å². The molecule has 0 aromatic heterocycles. The molecule has 1 aromatic rings. The van der Waals surface area contributed by atoms with Gasteiger partial charge in [0, 0.05) is 29.6 Å². The van der Waals surface area contributed by atoms with Gasteiger partial charge in [-0.2, -0.15) is 22.0 Å². The summed E-state index contributed by atoms with van der Waals surface area (Å²) >= 11 is 0. The molecule has 6 atom stereocenters. The predicted molar refractivity (Wildman–Crippen MR) is 139 cm³/mol. The molecule has 0 radical (unpaired) electrons. The summed E-state index contributed by atoms with van der Waals surface area (Å²) in [5.41, 5.74) is -4.09. The van der Waals surface area contributed by atoms with Crippen LogP contribution in [-0.2, 0) is 9.47 Å². The number of benzene rings is 1. The fourth-order valence-electron chi connectivity index (χ4n) is 9.01. The number of fused-ring (bicyclic) bond motifs is 4. The molecule has 3 saturated carbocycles. The van der Waals surface area contributed by atoms with Crippen molar-refractivity contribution in [1.82, 2.24) is 0 Å². The highest BCUT2D eigenvalue weighted by atomic mass is 19.4. The van der Waals surface area contributed by atoms with E-state index in [9.17, 15) is 28.5 Å². The van der Waals surface area contributed by atoms with Crippen LogP contribution < -0.4 is 0 Å². The average Bonchev–Trinajstić information content (AvgIpc) is 3.16. The Bertz CT molecular complexity index is 1230. The topological polar surface area (TPSA) is 79.2 Å². The zero-order valence-corrected chi connectivity index (χ0v) is 23.7. The van der Waals surface area contributed by atoms with Gasteiger partial charge in [-0.3, -0.25) is 0 Å². The normalized spacial score (nSPS) is 40.2. The van der Waals surface area contributed by atoms with E-state index in [2.05, 4.69) is 0 Å². The Hall–Kier alpha value is -1.75. The number of alkyl halides is 5. The third-order valence-corrected chi connectivity index (χ3v) is 11.2. The minimum absolute atomic E-state index is 0.00176. The molecule has 3 N–H and O–H groups in total. The van der Waals surface area contributed by atoms with Gasteiger partial charge >= 0.3 is 12.1 Å². The van der Waals surface area contributed by atoms with E-state index in [0.717, 1.165) is 11.1 Å². The summed E-state index contributed by atoms with van der Waals surface area (Å²) in [5, 5.41) is 33.5. The number of halogens is 5. The lowest BCUT2D eigenvalue weighted by Crippen LogP contribution is -2.65. The Morgan fingerprint density at radius 1 is 0.878 bits per heavy atom. The number of ether oxygens (including phenoxy) is 2. The monoisotopic (exact) mass is 586 g/mol. The smallest absolute Gasteiger partial charge is 0.456 e. The molecule has 4 unspecified atom stereocenters. The van der Waals surface area contributed by atoms with Crippen molar-refractivity contribution in [3.05, 3.63) is 41.0 Å². The summed E-state index contributed by atoms with van der Waals surface area (Å²) in [7, 11) is 0. The van der Waals surface area contributed by atoms with Crippen LogP contribution in [0.3, 0.4) is 0 Å². The van der Waals surface area contributed by atoms with Gasteiger partial charge in [-0.05, 0) is 73.6 Å². The van der Waals surface area contributed by atoms with Gasteiger partial charge in [0.25, 0.3) is 0 Å². The molecular formula is C31H39F5O5. The molecule has 10 heteroatoms. The van der Waals surface area contributed by atoms with Gasteiger partial charge in [0.15, 0.2) is 5.79 Å². The third-order valence-electron chi connectivity index (χ3n) is 11.2. The second-order valence-electron chi connectivity index (χ2n) is 14.3. The minimum atomic E-state index is -5.90. The van der Waals surface area contributed by atoms with E-state index in [1.807, 2.05) is 13.8 Å². The average molecular weight is 587 g/mol. The quantitative estimate of drug-likeness (QED) is 0.268. The number of phenols is 1. The summed E-state index contributed by atoms with van der Waals surface area (Å²) in [6.45, 7) is 6.45. The van der Waals surface area contributed by atoms with Gasteiger partial charge in [-0.1, -0.05) is 38.5 Å². The lowest BCUT2D eigenvalue weighted by molar-refractivity contribution is -0.362. The van der Waals surface area contributed by atoms with E-state index in [1.54, 1.807) is 12.1 Å². The van der Waals surface area contributed by atoms with Crippen LogP contribution in [0.5, 0.6) is 5.75 Å². The molecule has 1 spiro atoms. The highest BCUT2D eigenvalue weighted by Gasteiger charge is 2.79. The second kappa shape index (κ2) is 8.89. The van der Waals surface area contributed by atoms with E-state index in [1.165, 1.54) is 19.1 Å². The van der Waals surface area contributed by atoms with Crippen LogP contribution in [0.25, 0.3) is 0 Å². The summed E-state index contributed by atoms with van der Waals surface area (Å²) < 4.78 is 84.0. The number of allylic oxidation sites excluding steroid dienone is 1. The second-order valence-corrected chi connectivity index (χ2v) is 14.3. The summed E-state index contributed by atoms with van der Waals surface area (Å²) in [6.07, 6.45) is -4.80. The number of aromatic hydroxyl groups is 1. The van der Waals surface area contributed by atoms with Crippen LogP contribution in [0.15, 0.2) is 35.4 Å². The molecule has 0 amide bonds. The molecule has 6 rings (SSSR count). The molecule has 5 nitrogen and oxygen atoms in total. The van der Waals surface area contributed by atoms with E-state index in [0.29, 0.717) is 44.5 Å². The molecular weight excluding hydrogens is 547 g/mol. The maximum absolute atomic E-state index is 15.1. The maximum Gasteiger partial charge on any atom is 0.456 e. The molecule has 1 aliphatic heterocycles. The van der Waals surface area contributed by atoms with Gasteiger partial charge in [0.1, 0.15) is 11.4 Å². The molecule has 4 aliphatic carbocycles. The number of aliphatic hydroxyl groups is 2. The summed E-state index contributed by atoms with van der Waals surface area (Å²) in [4.78, 5) is 0. The Kier molecular flexibility index (Phi) is 6.36. The third kappa shape index (κ3) is 4.14. The van der Waals surface area contributed by atoms with Crippen molar-refractivity contribution < 1.29 is 46.7 Å². The summed E-state index contributed by atoms with van der Waals surface area (Å²) in [6, 6.07) is 6.23. The maximum atomic E-state index is 15.1. The Morgan fingerprint density at radius 2 is 1.51 bits per heavy atom. The predicted octanol–water partition coefficient (Wildman–Crippen LogP) is 6.62. The zero-order valence-electron chi connectivity index (χ0n) is 23.7. The SMILES string of the molecule is CC1(C)COC2(CCC3=C4C(CCC3(O)C2)C2CCC(O)(C(F)(F)C(F)(F)F)[C@@]2(C)C[C@@H]4c2ccc(O)cc2)OC1. The first-order chi connectivity index (χ1) is 18.9. The first-order valence-electron chi connectivity index (χ1n) is 14.6. The van der Waals surface area contributed by atoms with Crippen LogP contribution in [0.2, 0.25) is 0 Å². The molecule has 1 aromatic carbocycles. The summed E-state index contributed by atoms with van der Waals surface area (Å²) in [5.74, 6) is -7.82. The molecule has 41 heavy (non-hydrogen) atoms. The van der Waals surface area contributed by atoms with Gasteiger partial charge in [-0.15, -0.1) is 0 Å². The number of phenolic OH excluding ortho intramolecular Hbond substituents is 1. The van der Waals surface area contributed by atoms with E-state index < -0.39 is 52.8 Å². The van der Waals surface area contributed by atoms with Crippen LogP contribution in [0.4, 0.5) is 22.0 Å². The Morgan fingerprint density at radius 3 is 2.12 bits per heavy atom. The number of rotatable bonds is 2. The lowest BCUT2D eigenvalue weighted by Gasteiger charge is -2.59. The van der Waals surface area contributed by atoms with E-state index >= 15 is 8.78 Å². The van der Waals surface area contributed by atoms with Crippen molar-refractivity contribution in [3.8, 4) is 5.75 Å². The van der Waals surface area contributed by atoms with Gasteiger partial charge < -0.3 is 24.8 Å². The largest absolute Gasteiger partial charge is 0.508 e. The molecule has 228 valence electrons. The number of hydrogen-bond donors (Lipinski definition) is 3. The van der Waals surface area contributed by atoms with Crippen molar-refractivity contribution in [2.75, 3.05) is 13.2 Å². The van der Waals surface area contributed by atoms with Gasteiger partial charge in [0.05, 0.1) is 18.8 Å². The lowest BCUT2D eigenvalue weighted by atomic mass is 9.49. The van der Waals surface area contributed by atoms with Crippen LogP contribution in [-0.4, -0.2) is 57.6 Å². The highest BCUT2D eigenvalue weighted by molar-refractivity contribution is 5.45. The van der Waals surface area contributed by atoms with Crippen LogP contribution in [0.1, 0.15) is 83.6 Å². The van der Waals surface area contributed by atoms with Crippen molar-refractivity contribution in [1.29, 1.82) is 0 Å². The Labute approximate surface area is 236 Å². The van der Waals surface area contributed by atoms with Gasteiger partial charge in [0.2, 0.25) is 0 Å². The fourth-order valence-corrected chi connectivity index (χ4v) is 9.01. The molecule has 1 heterocycles.